The molecule has 5 nitrogen and oxygen atoms in total. The highest BCUT2D eigenvalue weighted by molar-refractivity contribution is 6.53. The van der Waals surface area contributed by atoms with E-state index in [1.54, 1.807) is 47.3 Å². The molecule has 1 fully saturated rings. The van der Waals surface area contributed by atoms with Crippen LogP contribution in [0.25, 0.3) is 0 Å². The van der Waals surface area contributed by atoms with E-state index in [-0.39, 0.29) is 11.7 Å². The van der Waals surface area contributed by atoms with E-state index in [0.717, 1.165) is 0 Å². The smallest absolute Gasteiger partial charge is 0.231 e. The summed E-state index contributed by atoms with van der Waals surface area (Å²) in [4.78, 5) is 25.6. The molecule has 0 spiro atoms. The number of alkyl halides is 2. The largest absolute Gasteiger partial charge is 0.326 e. The van der Waals surface area contributed by atoms with Crippen LogP contribution in [0.1, 0.15) is 34.7 Å². The van der Waals surface area contributed by atoms with Crippen molar-refractivity contribution in [3.8, 4) is 0 Å². The van der Waals surface area contributed by atoms with E-state index in [1.165, 1.54) is 0 Å². The van der Waals surface area contributed by atoms with Gasteiger partial charge in [-0.2, -0.15) is 5.10 Å². The molecule has 0 bridgehead atoms. The summed E-state index contributed by atoms with van der Waals surface area (Å²) in [5.74, 6) is -1.67. The van der Waals surface area contributed by atoms with Crippen LogP contribution in [-0.4, -0.2) is 25.8 Å². The molecule has 1 heterocycles. The number of halogens is 5. The molecule has 1 aliphatic carbocycles. The number of nitrogens with one attached hydrogen (secondary N) is 1. The van der Waals surface area contributed by atoms with E-state index in [1.807, 2.05) is 12.3 Å². The second-order valence-electron chi connectivity index (χ2n) is 7.81. The van der Waals surface area contributed by atoms with Crippen molar-refractivity contribution < 1.29 is 9.59 Å². The van der Waals surface area contributed by atoms with Crippen molar-refractivity contribution >= 4 is 75.4 Å². The molecule has 2 aromatic carbocycles. The Morgan fingerprint density at radius 2 is 1.79 bits per heavy atom. The molecule has 2 unspecified atom stereocenters. The minimum atomic E-state index is -1.30. The summed E-state index contributed by atoms with van der Waals surface area (Å²) in [6.45, 7) is 0.622. The molecular formula is C23H18Cl5N3O2. The maximum atomic E-state index is 12.9. The third-order valence-corrected chi connectivity index (χ3v) is 7.17. The van der Waals surface area contributed by atoms with E-state index >= 15 is 0 Å². The summed E-state index contributed by atoms with van der Waals surface area (Å²) in [6, 6.07) is 11.6. The van der Waals surface area contributed by atoms with Gasteiger partial charge in [0.2, 0.25) is 5.91 Å². The molecule has 0 saturated heterocycles. The van der Waals surface area contributed by atoms with Crippen LogP contribution < -0.4 is 5.32 Å². The lowest BCUT2D eigenvalue weighted by Gasteiger charge is -2.09. The van der Waals surface area contributed by atoms with Gasteiger partial charge in [0.25, 0.3) is 0 Å². The van der Waals surface area contributed by atoms with Gasteiger partial charge in [-0.3, -0.25) is 14.3 Å². The van der Waals surface area contributed by atoms with Crippen molar-refractivity contribution in [2.45, 2.75) is 29.6 Å². The number of anilines is 1. The number of Topliss-reactive ketones (excluding diaryl/α,β-unsaturated/α-hetero) is 1. The zero-order chi connectivity index (χ0) is 23.8. The molecule has 172 valence electrons. The summed E-state index contributed by atoms with van der Waals surface area (Å²) in [7, 11) is 0. The molecule has 2 atom stereocenters. The van der Waals surface area contributed by atoms with Gasteiger partial charge in [-0.25, -0.2) is 0 Å². The van der Waals surface area contributed by atoms with Gasteiger partial charge >= 0.3 is 0 Å². The van der Waals surface area contributed by atoms with E-state index in [9.17, 15) is 9.59 Å². The molecule has 0 aliphatic heterocycles. The van der Waals surface area contributed by atoms with Gasteiger partial charge in [0.1, 0.15) is 4.33 Å². The van der Waals surface area contributed by atoms with Crippen LogP contribution in [0.5, 0.6) is 0 Å². The Morgan fingerprint density at radius 3 is 2.45 bits per heavy atom. The van der Waals surface area contributed by atoms with Crippen LogP contribution >= 0.6 is 58.0 Å². The molecule has 0 radical (unpaired) electrons. The van der Waals surface area contributed by atoms with Gasteiger partial charge in [0.15, 0.2) is 5.78 Å². The molecule has 3 aromatic rings. The van der Waals surface area contributed by atoms with E-state index in [2.05, 4.69) is 10.4 Å². The number of nitrogens with zero attached hydrogens (tertiary/aromatic N) is 2. The Kier molecular flexibility index (Phi) is 7.27. The van der Waals surface area contributed by atoms with Crippen LogP contribution in [0.15, 0.2) is 54.9 Å². The second-order valence-corrected chi connectivity index (χ2v) is 10.5. The first-order chi connectivity index (χ1) is 15.7. The van der Waals surface area contributed by atoms with E-state index in [0.29, 0.717) is 51.3 Å². The number of ketones is 1. The number of benzene rings is 2. The average Bonchev–Trinajstić information content (AvgIpc) is 3.06. The van der Waals surface area contributed by atoms with Crippen molar-refractivity contribution in [3.05, 3.63) is 81.1 Å². The third kappa shape index (κ3) is 5.50. The Bertz CT molecular complexity index is 1180. The van der Waals surface area contributed by atoms with E-state index in [4.69, 9.17) is 58.0 Å². The lowest BCUT2D eigenvalue weighted by Crippen LogP contribution is -2.17. The Labute approximate surface area is 215 Å². The van der Waals surface area contributed by atoms with Crippen LogP contribution in [0, 0.1) is 5.92 Å². The predicted molar refractivity (Wildman–Crippen MR) is 133 cm³/mol. The van der Waals surface area contributed by atoms with Crippen molar-refractivity contribution in [3.63, 3.8) is 0 Å². The average molecular weight is 546 g/mol. The maximum Gasteiger partial charge on any atom is 0.231 e. The van der Waals surface area contributed by atoms with Crippen LogP contribution in [0.2, 0.25) is 15.1 Å². The standard InChI is InChI=1S/C23H18Cl5N3O2/c24-14-9-13(10-15(25)11-14)20-21(23(20,27)28)22(33)30-16-4-5-18(26)17(12-16)19(32)3-1-7-31-8-2-6-29-31/h2,4-6,8-12,20-21H,1,3,7H2,(H,30,33). The number of rotatable bonds is 8. The zero-order valence-corrected chi connectivity index (χ0v) is 20.9. The number of hydrogen-bond donors (Lipinski definition) is 1. The van der Waals surface area contributed by atoms with Crippen LogP contribution in [0.4, 0.5) is 5.69 Å². The first-order valence-corrected chi connectivity index (χ1v) is 12.0. The first-order valence-electron chi connectivity index (χ1n) is 10.1. The SMILES string of the molecule is O=C(CCCn1cccn1)c1cc(NC(=O)C2C(c3cc(Cl)cc(Cl)c3)C2(Cl)Cl)ccc1Cl. The van der Waals surface area contributed by atoms with Gasteiger partial charge < -0.3 is 5.32 Å². The third-order valence-electron chi connectivity index (χ3n) is 5.46. The summed E-state index contributed by atoms with van der Waals surface area (Å²) in [6.07, 6.45) is 4.43. The molecule has 1 N–H and O–H groups in total. The highest BCUT2D eigenvalue weighted by Crippen LogP contribution is 2.65. The van der Waals surface area contributed by atoms with Gasteiger partial charge in [-0.15, -0.1) is 23.2 Å². The minimum Gasteiger partial charge on any atom is -0.326 e. The number of amides is 1. The van der Waals surface area contributed by atoms with E-state index < -0.39 is 16.2 Å². The summed E-state index contributed by atoms with van der Waals surface area (Å²) in [5.41, 5.74) is 1.45. The lowest BCUT2D eigenvalue weighted by atomic mass is 10.1. The molecule has 1 saturated carbocycles. The maximum absolute atomic E-state index is 12.9. The van der Waals surface area contributed by atoms with Crippen molar-refractivity contribution in [1.82, 2.24) is 9.78 Å². The summed E-state index contributed by atoms with van der Waals surface area (Å²) in [5, 5.41) is 8.09. The monoisotopic (exact) mass is 543 g/mol. The summed E-state index contributed by atoms with van der Waals surface area (Å²) >= 11 is 31.2. The molecule has 4 rings (SSSR count). The number of carbonyl (C=O) groups excluding carboxylic acids is 2. The molecule has 1 aliphatic rings. The fourth-order valence-electron chi connectivity index (χ4n) is 3.83. The fourth-order valence-corrected chi connectivity index (χ4v) is 5.42. The van der Waals surface area contributed by atoms with Gasteiger partial charge in [0, 0.05) is 52.6 Å². The lowest BCUT2D eigenvalue weighted by molar-refractivity contribution is -0.117. The molecule has 10 heteroatoms. The Balaban J connectivity index is 1.43. The zero-order valence-electron chi connectivity index (χ0n) is 17.1. The fraction of sp³-hybridized carbons (Fsp3) is 0.261. The highest BCUT2D eigenvalue weighted by Gasteiger charge is 2.67. The van der Waals surface area contributed by atoms with Crippen molar-refractivity contribution in [2.75, 3.05) is 5.32 Å². The van der Waals surface area contributed by atoms with Crippen molar-refractivity contribution in [2.24, 2.45) is 5.92 Å². The number of aryl methyl sites for hydroxylation is 1. The molecule has 33 heavy (non-hydrogen) atoms. The predicted octanol–water partition coefficient (Wildman–Crippen LogP) is 7.03. The molecule has 1 amide bonds. The van der Waals surface area contributed by atoms with Gasteiger partial charge in [-0.1, -0.05) is 34.8 Å². The topological polar surface area (TPSA) is 64.0 Å². The second kappa shape index (κ2) is 9.85. The number of aromatic nitrogens is 2. The summed E-state index contributed by atoms with van der Waals surface area (Å²) < 4.78 is 0.463. The van der Waals surface area contributed by atoms with Gasteiger partial charge in [-0.05, 0) is 54.4 Å². The van der Waals surface area contributed by atoms with Crippen LogP contribution in [0.3, 0.4) is 0 Å². The Hall–Kier alpha value is -1.76. The minimum absolute atomic E-state index is 0.120. The van der Waals surface area contributed by atoms with Crippen molar-refractivity contribution in [1.29, 1.82) is 0 Å². The van der Waals surface area contributed by atoms with Crippen LogP contribution in [-0.2, 0) is 11.3 Å². The van der Waals surface area contributed by atoms with Gasteiger partial charge in [0.05, 0.1) is 10.9 Å². The Morgan fingerprint density at radius 1 is 1.06 bits per heavy atom. The molecular weight excluding hydrogens is 528 g/mol. The normalized spacial score (nSPS) is 18.7. The number of carbonyl (C=O) groups is 2. The first kappa shape index (κ1) is 24.4. The quantitative estimate of drug-likeness (QED) is 0.244. The number of hydrogen-bond acceptors (Lipinski definition) is 3. The highest BCUT2D eigenvalue weighted by atomic mass is 35.5. The molecule has 1 aromatic heterocycles.